The molecule has 3 heterocycles. The van der Waals surface area contributed by atoms with Gasteiger partial charge in [-0.2, -0.15) is 18.3 Å². The molecular formula is C29H22F3N5O3. The number of carbonyl (C=O) groups excluding carboxylic acids is 2. The Hall–Kier alpha value is -4.93. The average molecular weight is 546 g/mol. The van der Waals surface area contributed by atoms with Crippen LogP contribution in [0.5, 0.6) is 0 Å². The van der Waals surface area contributed by atoms with Crippen molar-refractivity contribution in [2.45, 2.75) is 25.4 Å². The first-order chi connectivity index (χ1) is 19.3. The van der Waals surface area contributed by atoms with Gasteiger partial charge in [-0.3, -0.25) is 9.59 Å². The largest absolute Gasteiger partial charge is 0.435 e. The highest BCUT2D eigenvalue weighted by molar-refractivity contribution is 5.98. The third-order valence-corrected chi connectivity index (χ3v) is 7.06. The first-order valence-corrected chi connectivity index (χ1v) is 12.5. The monoisotopic (exact) mass is 545 g/mol. The molecule has 11 heteroatoms. The van der Waals surface area contributed by atoms with Gasteiger partial charge in [0.25, 0.3) is 5.91 Å². The van der Waals surface area contributed by atoms with E-state index in [0.717, 1.165) is 22.1 Å². The van der Waals surface area contributed by atoms with Crippen LogP contribution in [0.2, 0.25) is 0 Å². The fourth-order valence-corrected chi connectivity index (χ4v) is 5.15. The normalized spacial score (nSPS) is 17.6. The molecular weight excluding hydrogens is 523 g/mol. The number of aromatic nitrogens is 3. The van der Waals surface area contributed by atoms with E-state index in [-0.39, 0.29) is 35.7 Å². The van der Waals surface area contributed by atoms with Crippen molar-refractivity contribution >= 4 is 29.0 Å². The Labute approximate surface area is 225 Å². The number of amides is 1. The van der Waals surface area contributed by atoms with Crippen molar-refractivity contribution in [3.8, 4) is 5.69 Å². The molecule has 1 amide bonds. The number of fused-ring (bicyclic) bond motifs is 2. The predicted octanol–water partition coefficient (Wildman–Crippen LogP) is 5.39. The van der Waals surface area contributed by atoms with Gasteiger partial charge in [0.05, 0.1) is 11.1 Å². The zero-order chi connectivity index (χ0) is 28.0. The van der Waals surface area contributed by atoms with Gasteiger partial charge in [0, 0.05) is 29.8 Å². The summed E-state index contributed by atoms with van der Waals surface area (Å²) in [5.74, 6) is -0.516. The number of allylic oxidation sites excluding steroid dienone is 11. The van der Waals surface area contributed by atoms with E-state index < -0.39 is 17.8 Å². The van der Waals surface area contributed by atoms with E-state index in [1.54, 1.807) is 12.2 Å². The van der Waals surface area contributed by atoms with Crippen molar-refractivity contribution in [3.05, 3.63) is 106 Å². The molecule has 0 unspecified atom stereocenters. The van der Waals surface area contributed by atoms with Gasteiger partial charge in [0.2, 0.25) is 0 Å². The fraction of sp³-hybridized carbons (Fsp3) is 0.172. The van der Waals surface area contributed by atoms with Crippen LogP contribution < -0.4 is 5.73 Å². The van der Waals surface area contributed by atoms with Crippen LogP contribution in [0, 0.1) is 0 Å². The number of alkyl halides is 3. The zero-order valence-corrected chi connectivity index (χ0v) is 21.0. The Morgan fingerprint density at radius 3 is 2.77 bits per heavy atom. The maximum Gasteiger partial charge on any atom is 0.435 e. The summed E-state index contributed by atoms with van der Waals surface area (Å²) < 4.78 is 48.1. The van der Waals surface area contributed by atoms with Gasteiger partial charge in [-0.05, 0) is 48.3 Å². The van der Waals surface area contributed by atoms with Gasteiger partial charge in [-0.15, -0.1) is 0 Å². The molecule has 8 nitrogen and oxygen atoms in total. The summed E-state index contributed by atoms with van der Waals surface area (Å²) in [6.07, 6.45) is 11.9. The van der Waals surface area contributed by atoms with Crippen molar-refractivity contribution in [1.82, 2.24) is 19.8 Å². The average Bonchev–Trinajstić information content (AvgIpc) is 3.29. The van der Waals surface area contributed by atoms with E-state index in [2.05, 4.69) is 10.3 Å². The first-order valence-electron chi connectivity index (χ1n) is 12.5. The number of aldehydes is 1. The second-order valence-corrected chi connectivity index (χ2v) is 9.45. The lowest BCUT2D eigenvalue weighted by Gasteiger charge is -2.29. The standard InChI is InChI=1S/C29H22F3N5O3/c30-29(31,32)26-22-13-14-36(19-7-4-6-17(9-10-19)21-8-3-1-2-5-18(21)16-38)28(39)25(22)37(34-26)20-11-12-24-23(15-20)27(33)35-40-24/h1-2,4-6,8-12,15-16H,3,7,13-14H2,(H2,33,35). The number of nitrogens with two attached hydrogens (primary N) is 1. The van der Waals surface area contributed by atoms with Gasteiger partial charge in [-0.25, -0.2) is 4.68 Å². The summed E-state index contributed by atoms with van der Waals surface area (Å²) in [5.41, 5.74) is 7.76. The van der Waals surface area contributed by atoms with Crippen LogP contribution in [0.25, 0.3) is 16.7 Å². The third-order valence-electron chi connectivity index (χ3n) is 7.06. The van der Waals surface area contributed by atoms with Crippen molar-refractivity contribution in [1.29, 1.82) is 0 Å². The van der Waals surface area contributed by atoms with Crippen molar-refractivity contribution in [2.75, 3.05) is 12.3 Å². The molecule has 202 valence electrons. The van der Waals surface area contributed by atoms with Crippen LogP contribution in [-0.4, -0.2) is 38.6 Å². The number of nitrogen functional groups attached to an aromatic ring is 1. The van der Waals surface area contributed by atoms with Crippen LogP contribution in [0.1, 0.15) is 34.6 Å². The minimum Gasteiger partial charge on any atom is -0.380 e. The van der Waals surface area contributed by atoms with Crippen molar-refractivity contribution in [2.24, 2.45) is 0 Å². The molecule has 40 heavy (non-hydrogen) atoms. The number of rotatable bonds is 4. The second-order valence-electron chi connectivity index (χ2n) is 9.45. The molecule has 2 aromatic heterocycles. The molecule has 2 aliphatic carbocycles. The van der Waals surface area contributed by atoms with Gasteiger partial charge in [0.1, 0.15) is 5.69 Å². The molecule has 0 fully saturated rings. The van der Waals surface area contributed by atoms with E-state index in [4.69, 9.17) is 10.3 Å². The van der Waals surface area contributed by atoms with Crippen molar-refractivity contribution < 1.29 is 27.3 Å². The Kier molecular flexibility index (Phi) is 6.13. The Morgan fingerprint density at radius 1 is 1.12 bits per heavy atom. The van der Waals surface area contributed by atoms with E-state index in [0.29, 0.717) is 35.1 Å². The maximum atomic E-state index is 14.0. The third kappa shape index (κ3) is 4.29. The molecule has 0 saturated heterocycles. The van der Waals surface area contributed by atoms with Crippen LogP contribution in [0.15, 0.2) is 93.7 Å². The van der Waals surface area contributed by atoms with E-state index in [9.17, 15) is 22.8 Å². The summed E-state index contributed by atoms with van der Waals surface area (Å²) in [6, 6.07) is 4.52. The molecule has 0 radical (unpaired) electrons. The molecule has 3 aromatic rings. The minimum atomic E-state index is -4.74. The summed E-state index contributed by atoms with van der Waals surface area (Å²) >= 11 is 0. The summed E-state index contributed by atoms with van der Waals surface area (Å²) in [5, 5.41) is 7.94. The van der Waals surface area contributed by atoms with Crippen molar-refractivity contribution in [3.63, 3.8) is 0 Å². The molecule has 6 rings (SSSR count). The van der Waals surface area contributed by atoms with E-state index in [1.807, 2.05) is 36.5 Å². The number of nitrogens with zero attached hydrogens (tertiary/aromatic N) is 4. The zero-order valence-electron chi connectivity index (χ0n) is 21.0. The van der Waals surface area contributed by atoms with Gasteiger partial charge in [-0.1, -0.05) is 47.7 Å². The van der Waals surface area contributed by atoms with E-state index >= 15 is 0 Å². The van der Waals surface area contributed by atoms with Gasteiger partial charge < -0.3 is 15.2 Å². The molecule has 0 saturated carbocycles. The Balaban J connectivity index is 1.41. The maximum absolute atomic E-state index is 14.0. The Morgan fingerprint density at radius 2 is 1.98 bits per heavy atom. The molecule has 1 aliphatic heterocycles. The highest BCUT2D eigenvalue weighted by atomic mass is 19.4. The molecule has 0 spiro atoms. The molecule has 2 N–H and O–H groups in total. The number of hydrogen-bond donors (Lipinski definition) is 1. The highest BCUT2D eigenvalue weighted by Crippen LogP contribution is 2.38. The Bertz CT molecular complexity index is 1750. The number of halogens is 3. The molecule has 0 atom stereocenters. The lowest BCUT2D eigenvalue weighted by molar-refractivity contribution is -0.142. The number of hydrogen-bond acceptors (Lipinski definition) is 6. The van der Waals surface area contributed by atoms with Crippen LogP contribution in [0.3, 0.4) is 0 Å². The number of carbonyl (C=O) groups is 2. The smallest absolute Gasteiger partial charge is 0.380 e. The van der Waals surface area contributed by atoms with Gasteiger partial charge in [0.15, 0.2) is 23.4 Å². The highest BCUT2D eigenvalue weighted by Gasteiger charge is 2.43. The second kappa shape index (κ2) is 9.67. The van der Waals surface area contributed by atoms with Crippen LogP contribution >= 0.6 is 0 Å². The topological polar surface area (TPSA) is 107 Å². The summed E-state index contributed by atoms with van der Waals surface area (Å²) in [4.78, 5) is 27.0. The number of anilines is 1. The molecule has 3 aliphatic rings. The lowest BCUT2D eigenvalue weighted by Crippen LogP contribution is -2.38. The summed E-state index contributed by atoms with van der Waals surface area (Å²) in [7, 11) is 0. The quantitative estimate of drug-likeness (QED) is 0.441. The lowest BCUT2D eigenvalue weighted by atomic mass is 9.97. The SMILES string of the molecule is Nc1noc2ccc(-n3nc(C(F)(F)F)c4c3C(=O)N(C3=CC=C(C5=CCC=CC=C5C=O)C=CC3)CC4)cc12. The number of benzene rings is 1. The summed E-state index contributed by atoms with van der Waals surface area (Å²) in [6.45, 7) is 0.0627. The first kappa shape index (κ1) is 25.4. The van der Waals surface area contributed by atoms with E-state index in [1.165, 1.54) is 23.1 Å². The van der Waals surface area contributed by atoms with Gasteiger partial charge >= 0.3 is 6.18 Å². The molecule has 0 bridgehead atoms. The minimum absolute atomic E-state index is 0.0277. The van der Waals surface area contributed by atoms with Crippen LogP contribution in [0.4, 0.5) is 19.0 Å². The van der Waals surface area contributed by atoms with Crippen LogP contribution in [-0.2, 0) is 17.4 Å². The molecule has 1 aromatic carbocycles. The predicted molar refractivity (Wildman–Crippen MR) is 141 cm³/mol. The fourth-order valence-electron chi connectivity index (χ4n) is 5.15.